The molecule has 1 amide bonds. The number of benzene rings is 2. The molecule has 3 unspecified atom stereocenters. The number of aliphatic hydroxyl groups excluding tert-OH is 1. The number of likely N-dealkylation sites (tertiary alicyclic amines) is 1. The van der Waals surface area contributed by atoms with Gasteiger partial charge in [-0.15, -0.1) is 0 Å². The highest BCUT2D eigenvalue weighted by Gasteiger charge is 2.57. The normalized spacial score (nSPS) is 33.5. The van der Waals surface area contributed by atoms with Crippen LogP contribution in [0, 0.1) is 23.7 Å². The van der Waals surface area contributed by atoms with Gasteiger partial charge in [0, 0.05) is 23.5 Å². The topological polar surface area (TPSA) is 70.0 Å². The Morgan fingerprint density at radius 2 is 1.83 bits per heavy atom. The Balaban J connectivity index is 1.08. The van der Waals surface area contributed by atoms with Crippen LogP contribution in [0.15, 0.2) is 42.5 Å². The van der Waals surface area contributed by atoms with E-state index < -0.39 is 5.60 Å². The number of halogens is 1. The smallest absolute Gasteiger partial charge is 0.226 e. The molecule has 0 radical (unpaired) electrons. The molecule has 186 valence electrons. The first-order valence-electron chi connectivity index (χ1n) is 13.0. The summed E-state index contributed by atoms with van der Waals surface area (Å²) >= 11 is 6.62. The zero-order chi connectivity index (χ0) is 24.2. The Morgan fingerprint density at radius 1 is 1.06 bits per heavy atom. The molecule has 5 aliphatic rings. The number of hydrogen-bond acceptors (Lipinski definition) is 4. The second-order valence-electron chi connectivity index (χ2n) is 11.4. The molecule has 4 bridgehead atoms. The van der Waals surface area contributed by atoms with Gasteiger partial charge in [-0.3, -0.25) is 4.79 Å². The molecule has 4 aliphatic carbocycles. The van der Waals surface area contributed by atoms with Crippen molar-refractivity contribution in [1.82, 2.24) is 4.90 Å². The molecule has 6 heteroatoms. The molecular weight excluding hydrogens is 462 g/mol. The van der Waals surface area contributed by atoms with Gasteiger partial charge >= 0.3 is 0 Å². The predicted octanol–water partition coefficient (Wildman–Crippen LogP) is 4.74. The van der Waals surface area contributed by atoms with Gasteiger partial charge in [0.2, 0.25) is 5.91 Å². The average Bonchev–Trinajstić information content (AvgIpc) is 3.18. The van der Waals surface area contributed by atoms with Gasteiger partial charge in [0.1, 0.15) is 12.4 Å². The fourth-order valence-corrected chi connectivity index (χ4v) is 7.99. The Labute approximate surface area is 212 Å². The lowest BCUT2D eigenvalue weighted by atomic mass is 9.52. The van der Waals surface area contributed by atoms with Crippen LogP contribution in [0.4, 0.5) is 0 Å². The van der Waals surface area contributed by atoms with Crippen LogP contribution in [0.2, 0.25) is 5.02 Å². The first kappa shape index (κ1) is 23.3. The van der Waals surface area contributed by atoms with Crippen LogP contribution >= 0.6 is 11.6 Å². The van der Waals surface area contributed by atoms with Crippen LogP contribution < -0.4 is 4.74 Å². The molecule has 2 aromatic rings. The minimum absolute atomic E-state index is 0.0104. The molecule has 1 heterocycles. The van der Waals surface area contributed by atoms with Crippen molar-refractivity contribution in [3.63, 3.8) is 0 Å². The van der Waals surface area contributed by atoms with Crippen molar-refractivity contribution >= 4 is 17.5 Å². The Bertz CT molecular complexity index is 1100. The van der Waals surface area contributed by atoms with Gasteiger partial charge in [0.15, 0.2) is 0 Å². The van der Waals surface area contributed by atoms with Crippen molar-refractivity contribution < 1.29 is 19.7 Å². The molecule has 1 aliphatic heterocycles. The third kappa shape index (κ3) is 4.47. The van der Waals surface area contributed by atoms with E-state index in [1.807, 2.05) is 42.5 Å². The summed E-state index contributed by atoms with van der Waals surface area (Å²) in [7, 11) is 0. The number of ether oxygens (including phenoxy) is 1. The van der Waals surface area contributed by atoms with E-state index in [0.29, 0.717) is 47.6 Å². The summed E-state index contributed by atoms with van der Waals surface area (Å²) in [4.78, 5) is 15.7. The Kier molecular flexibility index (Phi) is 6.06. The summed E-state index contributed by atoms with van der Waals surface area (Å²) in [5, 5.41) is 20.9. The van der Waals surface area contributed by atoms with Crippen molar-refractivity contribution in [3.8, 4) is 5.75 Å². The lowest BCUT2D eigenvalue weighted by molar-refractivity contribution is -0.168. The third-order valence-electron chi connectivity index (χ3n) is 8.97. The van der Waals surface area contributed by atoms with Crippen molar-refractivity contribution in [3.05, 3.63) is 64.2 Å². The third-order valence-corrected chi connectivity index (χ3v) is 9.32. The highest BCUT2D eigenvalue weighted by Crippen LogP contribution is 2.57. The number of hydrogen-bond donors (Lipinski definition) is 2. The summed E-state index contributed by atoms with van der Waals surface area (Å²) in [6.45, 7) is 1.24. The van der Waals surface area contributed by atoms with E-state index in [2.05, 4.69) is 4.90 Å². The zero-order valence-corrected chi connectivity index (χ0v) is 20.8. The van der Waals surface area contributed by atoms with Gasteiger partial charge in [-0.2, -0.15) is 0 Å². The molecule has 35 heavy (non-hydrogen) atoms. The molecule has 5 fully saturated rings. The summed E-state index contributed by atoms with van der Waals surface area (Å²) in [5.41, 5.74) is 2.37. The van der Waals surface area contributed by atoms with Gasteiger partial charge in [0.25, 0.3) is 0 Å². The van der Waals surface area contributed by atoms with Gasteiger partial charge < -0.3 is 19.8 Å². The number of nitrogens with zero attached hydrogens (tertiary/aromatic N) is 1. The Morgan fingerprint density at radius 3 is 2.54 bits per heavy atom. The zero-order valence-electron chi connectivity index (χ0n) is 20.0. The molecular formula is C29H34ClNO4. The SMILES string of the molecule is O=C1C(Cc2ccc(OCc3cccc(CO)c3)cc2Cl)CCN1C1C2CC3CC1CC(O)(C3)C2. The molecule has 2 N–H and O–H groups in total. The fourth-order valence-electron chi connectivity index (χ4n) is 7.75. The van der Waals surface area contributed by atoms with Gasteiger partial charge in [-0.25, -0.2) is 0 Å². The highest BCUT2D eigenvalue weighted by atomic mass is 35.5. The van der Waals surface area contributed by atoms with E-state index in [9.17, 15) is 15.0 Å². The minimum Gasteiger partial charge on any atom is -0.489 e. The van der Waals surface area contributed by atoms with Crippen molar-refractivity contribution in [2.45, 2.75) is 69.8 Å². The predicted molar refractivity (Wildman–Crippen MR) is 134 cm³/mol. The summed E-state index contributed by atoms with van der Waals surface area (Å²) in [5.74, 6) is 2.52. The van der Waals surface area contributed by atoms with Crippen LogP contribution in [0.25, 0.3) is 0 Å². The van der Waals surface area contributed by atoms with Gasteiger partial charge in [-0.1, -0.05) is 41.9 Å². The second-order valence-corrected chi connectivity index (χ2v) is 11.8. The fraction of sp³-hybridized carbons (Fsp3) is 0.552. The van der Waals surface area contributed by atoms with Crippen LogP contribution in [0.1, 0.15) is 55.2 Å². The standard InChI is InChI=1S/C29H34ClNO4/c30-26-12-25(35-17-19-3-1-2-18(8-19)16-32)5-4-21(26)11-22-6-7-31(28(22)33)27-23-9-20-10-24(27)15-29(34,13-20)14-23/h1-5,8,12,20,22-24,27,32,34H,6-7,9-11,13-17H2. The number of carbonyl (C=O) groups is 1. The number of amides is 1. The molecule has 5 nitrogen and oxygen atoms in total. The average molecular weight is 496 g/mol. The monoisotopic (exact) mass is 495 g/mol. The summed E-state index contributed by atoms with van der Waals surface area (Å²) in [6.07, 6.45) is 6.59. The van der Waals surface area contributed by atoms with Crippen LogP contribution in [0.5, 0.6) is 5.75 Å². The molecule has 1 saturated heterocycles. The van der Waals surface area contributed by atoms with E-state index >= 15 is 0 Å². The highest BCUT2D eigenvalue weighted by molar-refractivity contribution is 6.31. The quantitative estimate of drug-likeness (QED) is 0.582. The van der Waals surface area contributed by atoms with E-state index in [1.165, 1.54) is 12.8 Å². The van der Waals surface area contributed by atoms with E-state index in [0.717, 1.165) is 48.9 Å². The van der Waals surface area contributed by atoms with Gasteiger partial charge in [-0.05, 0) is 91.5 Å². The molecule has 7 rings (SSSR count). The number of rotatable bonds is 7. The molecule has 4 saturated carbocycles. The largest absolute Gasteiger partial charge is 0.489 e. The Hall–Kier alpha value is -2.08. The van der Waals surface area contributed by atoms with E-state index in [4.69, 9.17) is 16.3 Å². The minimum atomic E-state index is -0.464. The van der Waals surface area contributed by atoms with Crippen LogP contribution in [-0.4, -0.2) is 39.2 Å². The van der Waals surface area contributed by atoms with Crippen molar-refractivity contribution in [2.24, 2.45) is 23.7 Å². The van der Waals surface area contributed by atoms with E-state index in [-0.39, 0.29) is 18.4 Å². The molecule has 2 aromatic carbocycles. The van der Waals surface area contributed by atoms with Crippen molar-refractivity contribution in [2.75, 3.05) is 6.54 Å². The first-order chi connectivity index (χ1) is 16.9. The number of carbonyl (C=O) groups excluding carboxylic acids is 1. The van der Waals surface area contributed by atoms with Crippen LogP contribution in [0.3, 0.4) is 0 Å². The van der Waals surface area contributed by atoms with Gasteiger partial charge in [0.05, 0.1) is 12.2 Å². The molecule has 0 aromatic heterocycles. The lowest BCUT2D eigenvalue weighted by Gasteiger charge is -2.59. The summed E-state index contributed by atoms with van der Waals surface area (Å²) < 4.78 is 5.92. The van der Waals surface area contributed by atoms with Crippen molar-refractivity contribution in [1.29, 1.82) is 0 Å². The maximum atomic E-state index is 13.5. The van der Waals surface area contributed by atoms with Crippen LogP contribution in [-0.2, 0) is 24.4 Å². The first-order valence-corrected chi connectivity index (χ1v) is 13.4. The maximum Gasteiger partial charge on any atom is 0.226 e. The number of aliphatic hydroxyl groups is 2. The molecule has 3 atom stereocenters. The second kappa shape index (κ2) is 9.10. The summed E-state index contributed by atoms with van der Waals surface area (Å²) in [6, 6.07) is 13.7. The lowest BCUT2D eigenvalue weighted by Crippen LogP contribution is -2.62. The van der Waals surface area contributed by atoms with E-state index in [1.54, 1.807) is 0 Å². The maximum absolute atomic E-state index is 13.5. The molecule has 0 spiro atoms.